The molecule has 2 N–H and O–H groups in total. The highest BCUT2D eigenvalue weighted by molar-refractivity contribution is 5.56. The molecule has 2 heteroatoms. The van der Waals surface area contributed by atoms with E-state index in [1.165, 1.54) is 5.56 Å². The first-order valence-electron chi connectivity index (χ1n) is 5.07. The highest BCUT2D eigenvalue weighted by Gasteiger charge is 1.99. The van der Waals surface area contributed by atoms with Crippen LogP contribution in [0.25, 0.3) is 0 Å². The summed E-state index contributed by atoms with van der Waals surface area (Å²) in [6.45, 7) is 4.00. The number of aldehydes is 1. The van der Waals surface area contributed by atoms with Crippen molar-refractivity contribution in [1.29, 1.82) is 0 Å². The molecule has 1 aromatic rings. The molecule has 1 rings (SSSR count). The monoisotopic (exact) mass is 195 g/mol. The summed E-state index contributed by atoms with van der Waals surface area (Å²) in [5.41, 5.74) is 6.68. The van der Waals surface area contributed by atoms with Crippen molar-refractivity contribution in [3.63, 3.8) is 0 Å². The zero-order chi connectivity index (χ0) is 10.8. The van der Waals surface area contributed by atoms with Crippen LogP contribution >= 0.6 is 0 Å². The Bertz CT molecular complexity index is 239. The van der Waals surface area contributed by atoms with Gasteiger partial charge in [-0.05, 0) is 18.4 Å². The third-order valence-electron chi connectivity index (χ3n) is 1.78. The lowest BCUT2D eigenvalue weighted by atomic mass is 10.1. The Hall–Kier alpha value is -1.15. The number of hydrogen-bond acceptors (Lipinski definition) is 2. The van der Waals surface area contributed by atoms with Crippen molar-refractivity contribution in [2.75, 3.05) is 0 Å². The fourth-order valence-corrected chi connectivity index (χ4v) is 1.05. The third-order valence-corrected chi connectivity index (χ3v) is 1.78. The maximum atomic E-state index is 10.2. The summed E-state index contributed by atoms with van der Waals surface area (Å²) in [4.78, 5) is 10.2. The molecular weight excluding hydrogens is 174 g/mol. The van der Waals surface area contributed by atoms with Crippen LogP contribution < -0.4 is 5.73 Å². The molecule has 0 aliphatic carbocycles. The van der Waals surface area contributed by atoms with Gasteiger partial charge in [-0.2, -0.15) is 0 Å². The van der Waals surface area contributed by atoms with Gasteiger partial charge in [-0.1, -0.05) is 44.2 Å². The Kier molecular flexibility index (Phi) is 7.75. The van der Waals surface area contributed by atoms with Crippen molar-refractivity contribution < 1.29 is 6.22 Å². The van der Waals surface area contributed by atoms with Gasteiger partial charge in [0, 0.05) is 1.43 Å². The largest absolute Gasteiger partial charge is 0.322 e. The smallest absolute Gasteiger partial charge is 0.136 e. The van der Waals surface area contributed by atoms with E-state index in [0.717, 1.165) is 19.1 Å². The maximum absolute atomic E-state index is 10.2. The Balaban J connectivity index is 0. The number of nitrogens with two attached hydrogens (primary N) is 1. The molecule has 0 aromatic heterocycles. The lowest BCUT2D eigenvalue weighted by molar-refractivity contribution is -0.109. The Labute approximate surface area is 87.6 Å². The zero-order valence-electron chi connectivity index (χ0n) is 8.94. The topological polar surface area (TPSA) is 43.1 Å². The van der Waals surface area contributed by atoms with Gasteiger partial charge in [0.25, 0.3) is 0 Å². The molecule has 1 atom stereocenters. The second kappa shape index (κ2) is 8.45. The van der Waals surface area contributed by atoms with Gasteiger partial charge >= 0.3 is 0 Å². The zero-order valence-corrected chi connectivity index (χ0v) is 8.94. The van der Waals surface area contributed by atoms with Gasteiger partial charge in [-0.15, -0.1) is 0 Å². The minimum absolute atomic E-state index is 0. The Morgan fingerprint density at radius 3 is 2.43 bits per heavy atom. The maximum Gasteiger partial charge on any atom is 0.136 e. The number of carbonyl (C=O) groups is 1. The van der Waals surface area contributed by atoms with Crippen molar-refractivity contribution in [2.24, 2.45) is 5.73 Å². The molecule has 0 saturated heterocycles. The first kappa shape index (κ1) is 12.8. The normalized spacial score (nSPS) is 11.1. The van der Waals surface area contributed by atoms with E-state index in [1.54, 1.807) is 0 Å². The van der Waals surface area contributed by atoms with Crippen molar-refractivity contribution >= 4 is 6.29 Å². The van der Waals surface area contributed by atoms with E-state index in [4.69, 9.17) is 5.73 Å². The summed E-state index contributed by atoms with van der Waals surface area (Å²) in [6, 6.07) is 9.71. The SMILES string of the molecule is CC.N[C@H](C=O)CCc1ccccc1.[HH]. The van der Waals surface area contributed by atoms with Crippen LogP contribution in [0.2, 0.25) is 0 Å². The molecule has 0 saturated carbocycles. The molecular formula is C12H21NO. The van der Waals surface area contributed by atoms with Gasteiger partial charge in [0.05, 0.1) is 6.04 Å². The lowest BCUT2D eigenvalue weighted by Gasteiger charge is -2.02. The van der Waals surface area contributed by atoms with Crippen molar-refractivity contribution in [1.82, 2.24) is 0 Å². The summed E-state index contributed by atoms with van der Waals surface area (Å²) < 4.78 is 0. The molecule has 0 fully saturated rings. The van der Waals surface area contributed by atoms with Crippen molar-refractivity contribution in [2.45, 2.75) is 32.7 Å². The Morgan fingerprint density at radius 1 is 1.36 bits per heavy atom. The van der Waals surface area contributed by atoms with E-state index in [1.807, 2.05) is 44.2 Å². The minimum Gasteiger partial charge on any atom is -0.322 e. The number of hydrogen-bond donors (Lipinski definition) is 1. The molecule has 0 heterocycles. The fraction of sp³-hybridized carbons (Fsp3) is 0.417. The van der Waals surface area contributed by atoms with Crippen LogP contribution in [0.3, 0.4) is 0 Å². The fourth-order valence-electron chi connectivity index (χ4n) is 1.05. The summed E-state index contributed by atoms with van der Waals surface area (Å²) in [6.07, 6.45) is 2.40. The van der Waals surface area contributed by atoms with Crippen LogP contribution in [-0.2, 0) is 11.2 Å². The van der Waals surface area contributed by atoms with Crippen LogP contribution in [-0.4, -0.2) is 12.3 Å². The molecule has 0 aliphatic heterocycles. The second-order valence-corrected chi connectivity index (χ2v) is 2.82. The molecule has 0 spiro atoms. The van der Waals surface area contributed by atoms with Gasteiger partial charge in [-0.25, -0.2) is 0 Å². The molecule has 0 radical (unpaired) electrons. The van der Waals surface area contributed by atoms with E-state index in [2.05, 4.69) is 0 Å². The number of carbonyl (C=O) groups excluding carboxylic acids is 1. The van der Waals surface area contributed by atoms with Crippen LogP contribution in [0.4, 0.5) is 0 Å². The average molecular weight is 195 g/mol. The second-order valence-electron chi connectivity index (χ2n) is 2.82. The van der Waals surface area contributed by atoms with Crippen molar-refractivity contribution in [3.8, 4) is 0 Å². The molecule has 0 amide bonds. The summed E-state index contributed by atoms with van der Waals surface area (Å²) in [5.74, 6) is 0. The highest BCUT2D eigenvalue weighted by atomic mass is 16.1. The average Bonchev–Trinajstić information content (AvgIpc) is 2.30. The minimum atomic E-state index is -0.315. The molecule has 0 aliphatic rings. The third kappa shape index (κ3) is 5.49. The summed E-state index contributed by atoms with van der Waals surface area (Å²) in [7, 11) is 0. The molecule has 80 valence electrons. The molecule has 1 aromatic carbocycles. The first-order valence-corrected chi connectivity index (χ1v) is 5.07. The summed E-state index contributed by atoms with van der Waals surface area (Å²) >= 11 is 0. The van der Waals surface area contributed by atoms with E-state index >= 15 is 0 Å². The van der Waals surface area contributed by atoms with Gasteiger partial charge in [0.1, 0.15) is 6.29 Å². The number of rotatable bonds is 4. The number of aryl methyl sites for hydroxylation is 1. The van der Waals surface area contributed by atoms with Gasteiger partial charge in [0.2, 0.25) is 0 Å². The van der Waals surface area contributed by atoms with Crippen LogP contribution in [0.5, 0.6) is 0 Å². The quantitative estimate of drug-likeness (QED) is 0.750. The molecule has 14 heavy (non-hydrogen) atoms. The van der Waals surface area contributed by atoms with Gasteiger partial charge in [-0.3, -0.25) is 0 Å². The predicted molar refractivity (Wildman–Crippen MR) is 62.3 cm³/mol. The van der Waals surface area contributed by atoms with Crippen LogP contribution in [0, 0.1) is 0 Å². The van der Waals surface area contributed by atoms with Crippen LogP contribution in [0.1, 0.15) is 27.3 Å². The van der Waals surface area contributed by atoms with Gasteiger partial charge < -0.3 is 10.5 Å². The highest BCUT2D eigenvalue weighted by Crippen LogP contribution is 2.02. The van der Waals surface area contributed by atoms with E-state index < -0.39 is 0 Å². The molecule has 2 nitrogen and oxygen atoms in total. The lowest BCUT2D eigenvalue weighted by Crippen LogP contribution is -2.21. The van der Waals surface area contributed by atoms with Crippen molar-refractivity contribution in [3.05, 3.63) is 35.9 Å². The molecule has 0 bridgehead atoms. The standard InChI is InChI=1S/C10H13NO.C2H6.H2/c11-10(8-12)7-6-9-4-2-1-3-5-9;1-2;/h1-5,8,10H,6-7,11H2;1-2H3;1H/t10-;;/m0../s1. The molecule has 0 unspecified atom stereocenters. The number of benzene rings is 1. The van der Waals surface area contributed by atoms with E-state index in [-0.39, 0.29) is 7.47 Å². The first-order chi connectivity index (χ1) is 6.83. The Morgan fingerprint density at radius 2 is 1.93 bits per heavy atom. The van der Waals surface area contributed by atoms with Crippen LogP contribution in [0.15, 0.2) is 30.3 Å². The summed E-state index contributed by atoms with van der Waals surface area (Å²) in [5, 5.41) is 0. The van der Waals surface area contributed by atoms with E-state index in [0.29, 0.717) is 0 Å². The van der Waals surface area contributed by atoms with E-state index in [9.17, 15) is 4.79 Å². The predicted octanol–water partition coefficient (Wildman–Crippen LogP) is 2.42. The van der Waals surface area contributed by atoms with Gasteiger partial charge in [0.15, 0.2) is 0 Å².